The Morgan fingerprint density at radius 1 is 0.941 bits per heavy atom. The molecule has 4 unspecified atom stereocenters. The number of rotatable bonds is 1. The Hall–Kier alpha value is -0.330. The molecular weight excluding hydrogens is 231 g/mol. The predicted octanol–water partition coefficient (Wildman–Crippen LogP) is 0.996. The topological polar surface area (TPSA) is 50.1 Å². The van der Waals surface area contributed by atoms with Crippen LogP contribution in [0.4, 0.5) is 13.2 Å². The van der Waals surface area contributed by atoms with Gasteiger partial charge in [0.15, 0.2) is 0 Å². The van der Waals surface area contributed by atoms with Crippen LogP contribution in [0.3, 0.4) is 0 Å². The first-order valence-electron chi connectivity index (χ1n) is 6.26. The van der Waals surface area contributed by atoms with Crippen molar-refractivity contribution in [1.29, 1.82) is 0 Å². The van der Waals surface area contributed by atoms with Gasteiger partial charge in [0.2, 0.25) is 0 Å². The minimum atomic E-state index is -4.10. The van der Waals surface area contributed by atoms with E-state index in [2.05, 4.69) is 10.6 Å². The fourth-order valence-corrected chi connectivity index (χ4v) is 2.80. The quantitative estimate of drug-likeness (QED) is 0.651. The van der Waals surface area contributed by atoms with Crippen LogP contribution in [0.5, 0.6) is 0 Å². The van der Waals surface area contributed by atoms with Crippen molar-refractivity contribution in [2.45, 2.75) is 50.0 Å². The molecule has 2 saturated heterocycles. The van der Waals surface area contributed by atoms with Crippen molar-refractivity contribution in [3.05, 3.63) is 0 Å². The van der Waals surface area contributed by atoms with Gasteiger partial charge in [-0.2, -0.15) is 13.2 Å². The standard InChI is InChI=1S/C11H20F3N3/c12-11(13,14)10-4-1-7(5-17-10)9-3-2-8(15)6-16-9/h7-10,16-17H,1-6,15H2. The SMILES string of the molecule is NC1CCC(C2CCC(C(F)(F)F)NC2)NC1. The fraction of sp³-hybridized carbons (Fsp3) is 1.00. The molecule has 2 rings (SSSR count). The molecule has 0 amide bonds. The Balaban J connectivity index is 1.79. The lowest BCUT2D eigenvalue weighted by Crippen LogP contribution is -2.55. The number of piperidine rings is 2. The molecule has 2 aliphatic rings. The van der Waals surface area contributed by atoms with Crippen LogP contribution in [0, 0.1) is 5.92 Å². The summed E-state index contributed by atoms with van der Waals surface area (Å²) in [6.45, 7) is 1.24. The van der Waals surface area contributed by atoms with Crippen molar-refractivity contribution in [3.8, 4) is 0 Å². The van der Waals surface area contributed by atoms with Gasteiger partial charge in [-0.3, -0.25) is 0 Å². The average Bonchev–Trinajstić information content (AvgIpc) is 2.29. The third-order valence-electron chi connectivity index (χ3n) is 3.91. The van der Waals surface area contributed by atoms with Crippen molar-refractivity contribution in [3.63, 3.8) is 0 Å². The molecule has 6 heteroatoms. The van der Waals surface area contributed by atoms with Crippen LogP contribution in [-0.4, -0.2) is 37.4 Å². The fourth-order valence-electron chi connectivity index (χ4n) is 2.80. The van der Waals surface area contributed by atoms with Crippen LogP contribution in [0.25, 0.3) is 0 Å². The number of halogens is 3. The molecule has 3 nitrogen and oxygen atoms in total. The van der Waals surface area contributed by atoms with Crippen molar-refractivity contribution >= 4 is 0 Å². The van der Waals surface area contributed by atoms with Crippen molar-refractivity contribution < 1.29 is 13.2 Å². The van der Waals surface area contributed by atoms with Crippen molar-refractivity contribution in [2.75, 3.05) is 13.1 Å². The third kappa shape index (κ3) is 3.33. The Morgan fingerprint density at radius 2 is 1.71 bits per heavy atom. The number of nitrogens with one attached hydrogen (secondary N) is 2. The molecule has 2 fully saturated rings. The summed E-state index contributed by atoms with van der Waals surface area (Å²) in [5, 5.41) is 5.97. The number of alkyl halides is 3. The molecule has 2 aliphatic heterocycles. The Labute approximate surface area is 99.3 Å². The highest BCUT2D eigenvalue weighted by atomic mass is 19.4. The smallest absolute Gasteiger partial charge is 0.327 e. The Kier molecular flexibility index (Phi) is 3.95. The van der Waals surface area contributed by atoms with E-state index in [1.165, 1.54) is 0 Å². The maximum atomic E-state index is 12.5. The Morgan fingerprint density at radius 3 is 2.18 bits per heavy atom. The second kappa shape index (κ2) is 5.12. The van der Waals surface area contributed by atoms with Crippen LogP contribution in [0.15, 0.2) is 0 Å². The number of nitrogens with two attached hydrogens (primary N) is 1. The summed E-state index contributed by atoms with van der Waals surface area (Å²) in [5.74, 6) is 0.307. The van der Waals surface area contributed by atoms with E-state index in [1.807, 2.05) is 0 Å². The average molecular weight is 251 g/mol. The van der Waals surface area contributed by atoms with Crippen molar-refractivity contribution in [2.24, 2.45) is 11.7 Å². The van der Waals surface area contributed by atoms with E-state index in [1.54, 1.807) is 0 Å². The molecule has 100 valence electrons. The molecule has 0 aromatic heterocycles. The molecule has 4 N–H and O–H groups in total. The van der Waals surface area contributed by atoms with E-state index in [9.17, 15) is 13.2 Å². The van der Waals surface area contributed by atoms with E-state index >= 15 is 0 Å². The molecule has 0 aliphatic carbocycles. The molecule has 0 saturated carbocycles. The van der Waals surface area contributed by atoms with Gasteiger partial charge in [-0.05, 0) is 31.6 Å². The largest absolute Gasteiger partial charge is 0.403 e. The molecule has 0 aromatic carbocycles. The zero-order chi connectivity index (χ0) is 12.5. The first kappa shape index (κ1) is 13.1. The lowest BCUT2D eigenvalue weighted by Gasteiger charge is -2.38. The summed E-state index contributed by atoms with van der Waals surface area (Å²) in [5.41, 5.74) is 5.78. The highest BCUT2D eigenvalue weighted by Crippen LogP contribution is 2.30. The highest BCUT2D eigenvalue weighted by Gasteiger charge is 2.42. The molecule has 0 aromatic rings. The minimum absolute atomic E-state index is 0.193. The summed E-state index contributed by atoms with van der Waals surface area (Å²) in [6.07, 6.45) is -1.32. The first-order valence-corrected chi connectivity index (χ1v) is 6.26. The summed E-state index contributed by atoms with van der Waals surface area (Å²) in [4.78, 5) is 0. The normalized spacial score (nSPS) is 40.2. The minimum Gasteiger partial charge on any atom is -0.327 e. The van der Waals surface area contributed by atoms with Gasteiger partial charge in [0.1, 0.15) is 6.04 Å². The van der Waals surface area contributed by atoms with Crippen LogP contribution in [0.1, 0.15) is 25.7 Å². The van der Waals surface area contributed by atoms with E-state index in [4.69, 9.17) is 5.73 Å². The predicted molar refractivity (Wildman–Crippen MR) is 59.6 cm³/mol. The van der Waals surface area contributed by atoms with Gasteiger partial charge in [-0.15, -0.1) is 0 Å². The number of hydrogen-bond donors (Lipinski definition) is 3. The summed E-state index contributed by atoms with van der Waals surface area (Å²) >= 11 is 0. The van der Waals surface area contributed by atoms with Gasteiger partial charge in [-0.1, -0.05) is 0 Å². The third-order valence-corrected chi connectivity index (χ3v) is 3.91. The van der Waals surface area contributed by atoms with Gasteiger partial charge < -0.3 is 16.4 Å². The van der Waals surface area contributed by atoms with Gasteiger partial charge in [-0.25, -0.2) is 0 Å². The van der Waals surface area contributed by atoms with Gasteiger partial charge in [0.05, 0.1) is 0 Å². The van der Waals surface area contributed by atoms with E-state index in [-0.39, 0.29) is 12.5 Å². The second-order valence-electron chi connectivity index (χ2n) is 5.19. The van der Waals surface area contributed by atoms with Crippen LogP contribution in [-0.2, 0) is 0 Å². The van der Waals surface area contributed by atoms with Crippen LogP contribution < -0.4 is 16.4 Å². The molecule has 0 spiro atoms. The van der Waals surface area contributed by atoms with Crippen molar-refractivity contribution in [1.82, 2.24) is 10.6 Å². The first-order chi connectivity index (χ1) is 7.97. The van der Waals surface area contributed by atoms with Crippen LogP contribution >= 0.6 is 0 Å². The lowest BCUT2D eigenvalue weighted by atomic mass is 9.84. The summed E-state index contributed by atoms with van der Waals surface area (Å²) in [7, 11) is 0. The zero-order valence-corrected chi connectivity index (χ0v) is 9.76. The van der Waals surface area contributed by atoms with E-state index < -0.39 is 12.2 Å². The molecule has 0 bridgehead atoms. The maximum absolute atomic E-state index is 12.5. The monoisotopic (exact) mass is 251 g/mol. The second-order valence-corrected chi connectivity index (χ2v) is 5.19. The van der Waals surface area contributed by atoms with E-state index in [0.717, 1.165) is 19.4 Å². The van der Waals surface area contributed by atoms with Gasteiger partial charge in [0.25, 0.3) is 0 Å². The molecule has 4 atom stereocenters. The summed E-state index contributed by atoms with van der Waals surface area (Å²) in [6, 6.07) is -0.785. The highest BCUT2D eigenvalue weighted by molar-refractivity contribution is 4.91. The van der Waals surface area contributed by atoms with Crippen LogP contribution in [0.2, 0.25) is 0 Å². The Bertz CT molecular complexity index is 241. The number of hydrogen-bond acceptors (Lipinski definition) is 3. The lowest BCUT2D eigenvalue weighted by molar-refractivity contribution is -0.162. The molecule has 17 heavy (non-hydrogen) atoms. The summed E-state index contributed by atoms with van der Waals surface area (Å²) < 4.78 is 37.4. The molecule has 2 heterocycles. The zero-order valence-electron chi connectivity index (χ0n) is 9.76. The maximum Gasteiger partial charge on any atom is 0.403 e. The molecule has 0 radical (unpaired) electrons. The van der Waals surface area contributed by atoms with Gasteiger partial charge >= 0.3 is 6.18 Å². The van der Waals surface area contributed by atoms with E-state index in [0.29, 0.717) is 24.9 Å². The molecular formula is C11H20F3N3. The van der Waals surface area contributed by atoms with Gasteiger partial charge in [0, 0.05) is 25.2 Å².